The fourth-order valence-electron chi connectivity index (χ4n) is 2.93. The van der Waals surface area contributed by atoms with E-state index in [1.54, 1.807) is 0 Å². The lowest BCUT2D eigenvalue weighted by molar-refractivity contribution is -0.144. The minimum Gasteiger partial charge on any atom is -0.465 e. The van der Waals surface area contributed by atoms with Crippen LogP contribution in [-0.4, -0.2) is 22.4 Å². The number of nitrogens with zero attached hydrogens (tertiary/aromatic N) is 2. The predicted molar refractivity (Wildman–Crippen MR) is 75.6 cm³/mol. The van der Waals surface area contributed by atoms with E-state index in [9.17, 15) is 4.79 Å². The molecule has 2 aliphatic carbocycles. The van der Waals surface area contributed by atoms with Gasteiger partial charge in [-0.25, -0.2) is 0 Å². The molecule has 1 aromatic heterocycles. The van der Waals surface area contributed by atoms with Crippen molar-refractivity contribution in [3.05, 3.63) is 17.0 Å². The van der Waals surface area contributed by atoms with Crippen LogP contribution in [0.15, 0.2) is 0 Å². The van der Waals surface area contributed by atoms with Gasteiger partial charge in [-0.15, -0.1) is 18.5 Å². The molecule has 0 aromatic carbocycles. The van der Waals surface area contributed by atoms with Crippen LogP contribution < -0.4 is 0 Å². The van der Waals surface area contributed by atoms with E-state index < -0.39 is 0 Å². The van der Waals surface area contributed by atoms with Gasteiger partial charge in [-0.3, -0.25) is 9.48 Å². The number of esters is 1. The standard InChI is InChI=1S/C12H18N2O2P2/c1-2-16-9(15)5-14-8-4-6-3-7(6)10(8)11(13-14)12(17)18/h6-7,12H,2-5,17-18H2,1H3. The van der Waals surface area contributed by atoms with Gasteiger partial charge in [0.05, 0.1) is 12.3 Å². The van der Waals surface area contributed by atoms with Gasteiger partial charge in [0.1, 0.15) is 6.54 Å². The van der Waals surface area contributed by atoms with Crippen LogP contribution in [0.1, 0.15) is 41.6 Å². The third kappa shape index (κ3) is 2.00. The summed E-state index contributed by atoms with van der Waals surface area (Å²) in [6.07, 6.45) is 2.38. The van der Waals surface area contributed by atoms with Crippen molar-refractivity contribution in [3.8, 4) is 0 Å². The Morgan fingerprint density at radius 1 is 1.61 bits per heavy atom. The quantitative estimate of drug-likeness (QED) is 0.626. The van der Waals surface area contributed by atoms with Gasteiger partial charge in [0.15, 0.2) is 0 Å². The first-order valence-corrected chi connectivity index (χ1v) is 7.71. The molecule has 18 heavy (non-hydrogen) atoms. The van der Waals surface area contributed by atoms with E-state index in [0.29, 0.717) is 12.5 Å². The van der Waals surface area contributed by atoms with Crippen molar-refractivity contribution in [2.75, 3.05) is 6.61 Å². The Kier molecular flexibility index (Phi) is 3.20. The molecule has 4 nitrogen and oxygen atoms in total. The largest absolute Gasteiger partial charge is 0.465 e. The van der Waals surface area contributed by atoms with Crippen LogP contribution in [-0.2, 0) is 22.5 Å². The number of hydrogen-bond donors (Lipinski definition) is 0. The second kappa shape index (κ2) is 4.58. The molecular formula is C12H18N2O2P2. The summed E-state index contributed by atoms with van der Waals surface area (Å²) in [5.41, 5.74) is 3.78. The summed E-state index contributed by atoms with van der Waals surface area (Å²) in [7, 11) is 5.54. The van der Waals surface area contributed by atoms with Crippen LogP contribution in [0.2, 0.25) is 0 Å². The Bertz CT molecular complexity index is 499. The number of ether oxygens (including phenoxy) is 1. The number of carbonyl (C=O) groups is 1. The lowest BCUT2D eigenvalue weighted by Crippen LogP contribution is -2.16. The van der Waals surface area contributed by atoms with E-state index in [-0.39, 0.29) is 17.9 Å². The molecule has 0 spiro atoms. The summed E-state index contributed by atoms with van der Waals surface area (Å²) in [4.78, 5) is 11.6. The van der Waals surface area contributed by atoms with Crippen molar-refractivity contribution in [1.82, 2.24) is 9.78 Å². The molecule has 1 heterocycles. The molecule has 1 fully saturated rings. The molecular weight excluding hydrogens is 266 g/mol. The number of aromatic nitrogens is 2. The molecule has 4 unspecified atom stereocenters. The maximum atomic E-state index is 11.6. The monoisotopic (exact) mass is 284 g/mol. The summed E-state index contributed by atoms with van der Waals surface area (Å²) in [6.45, 7) is 2.50. The predicted octanol–water partition coefficient (Wildman–Crippen LogP) is 1.85. The van der Waals surface area contributed by atoms with Gasteiger partial charge < -0.3 is 4.74 Å². The number of carbonyl (C=O) groups excluding carboxylic acids is 1. The fourth-order valence-corrected chi connectivity index (χ4v) is 3.42. The Morgan fingerprint density at radius 3 is 3.06 bits per heavy atom. The van der Waals surface area contributed by atoms with E-state index in [1.165, 1.54) is 17.7 Å². The molecule has 0 radical (unpaired) electrons. The number of hydrogen-bond acceptors (Lipinski definition) is 3. The van der Waals surface area contributed by atoms with Gasteiger partial charge >= 0.3 is 5.97 Å². The zero-order chi connectivity index (χ0) is 12.9. The second-order valence-corrected chi connectivity index (χ2v) is 7.25. The molecule has 0 bridgehead atoms. The van der Waals surface area contributed by atoms with Crippen LogP contribution >= 0.6 is 18.5 Å². The third-order valence-electron chi connectivity index (χ3n) is 3.78. The van der Waals surface area contributed by atoms with E-state index in [4.69, 9.17) is 4.74 Å². The van der Waals surface area contributed by atoms with Crippen molar-refractivity contribution in [1.29, 1.82) is 0 Å². The Labute approximate surface area is 111 Å². The topological polar surface area (TPSA) is 44.1 Å². The highest BCUT2D eigenvalue weighted by Crippen LogP contribution is 2.58. The smallest absolute Gasteiger partial charge is 0.327 e. The highest BCUT2D eigenvalue weighted by Gasteiger charge is 2.49. The molecule has 0 amide bonds. The van der Waals surface area contributed by atoms with Crippen molar-refractivity contribution in [2.24, 2.45) is 5.92 Å². The summed E-state index contributed by atoms with van der Waals surface area (Å²) >= 11 is 0. The van der Waals surface area contributed by atoms with Gasteiger partial charge in [-0.05, 0) is 31.6 Å². The van der Waals surface area contributed by atoms with Crippen molar-refractivity contribution < 1.29 is 9.53 Å². The molecule has 2 aliphatic rings. The van der Waals surface area contributed by atoms with Crippen LogP contribution in [0.3, 0.4) is 0 Å². The summed E-state index contributed by atoms with van der Waals surface area (Å²) < 4.78 is 6.86. The third-order valence-corrected chi connectivity index (χ3v) is 4.41. The second-order valence-electron chi connectivity index (χ2n) is 5.04. The fraction of sp³-hybridized carbons (Fsp3) is 0.667. The van der Waals surface area contributed by atoms with Gasteiger partial charge in [-0.1, -0.05) is 0 Å². The highest BCUT2D eigenvalue weighted by atomic mass is 31.1. The van der Waals surface area contributed by atoms with Gasteiger partial charge in [0, 0.05) is 16.7 Å². The van der Waals surface area contributed by atoms with Crippen molar-refractivity contribution in [3.63, 3.8) is 0 Å². The minimum atomic E-state index is -0.195. The Morgan fingerprint density at radius 2 is 2.39 bits per heavy atom. The van der Waals surface area contributed by atoms with Crippen LogP contribution in [0.4, 0.5) is 0 Å². The number of rotatable bonds is 4. The lowest BCUT2D eigenvalue weighted by Gasteiger charge is -2.05. The van der Waals surface area contributed by atoms with Crippen LogP contribution in [0.25, 0.3) is 0 Å². The first-order valence-electron chi connectivity index (χ1n) is 6.38. The van der Waals surface area contributed by atoms with E-state index in [1.807, 2.05) is 11.6 Å². The highest BCUT2D eigenvalue weighted by molar-refractivity contribution is 7.37. The molecule has 0 aliphatic heterocycles. The molecule has 1 aromatic rings. The summed E-state index contributed by atoms with van der Waals surface area (Å²) in [5, 5.41) is 4.87. The first-order chi connectivity index (χ1) is 8.61. The molecule has 0 saturated heterocycles. The minimum absolute atomic E-state index is 0.195. The molecule has 4 atom stereocenters. The molecule has 98 valence electrons. The van der Waals surface area contributed by atoms with Crippen LogP contribution in [0, 0.1) is 5.92 Å². The molecule has 0 N–H and O–H groups in total. The van der Waals surface area contributed by atoms with Gasteiger partial charge in [0.25, 0.3) is 0 Å². The SMILES string of the molecule is CCOC(=O)Cn1nc(C(P)P)c2c1CC1CC21. The van der Waals surface area contributed by atoms with E-state index in [0.717, 1.165) is 18.0 Å². The van der Waals surface area contributed by atoms with Gasteiger partial charge in [-0.2, -0.15) is 5.10 Å². The average molecular weight is 284 g/mol. The maximum Gasteiger partial charge on any atom is 0.327 e. The summed E-state index contributed by atoms with van der Waals surface area (Å²) in [6, 6.07) is 0. The van der Waals surface area contributed by atoms with E-state index >= 15 is 0 Å². The van der Waals surface area contributed by atoms with Gasteiger partial charge in [0.2, 0.25) is 0 Å². The van der Waals surface area contributed by atoms with Crippen molar-refractivity contribution in [2.45, 2.75) is 37.6 Å². The van der Waals surface area contributed by atoms with Crippen LogP contribution in [0.5, 0.6) is 0 Å². The Hall–Kier alpha value is -0.460. The maximum absolute atomic E-state index is 11.6. The number of fused-ring (bicyclic) bond motifs is 3. The zero-order valence-corrected chi connectivity index (χ0v) is 12.7. The first kappa shape index (κ1) is 12.6. The van der Waals surface area contributed by atoms with Crippen molar-refractivity contribution >= 4 is 24.4 Å². The zero-order valence-electron chi connectivity index (χ0n) is 10.4. The molecule has 1 saturated carbocycles. The van der Waals surface area contributed by atoms with E-state index in [2.05, 4.69) is 23.6 Å². The lowest BCUT2D eigenvalue weighted by atomic mass is 10.1. The molecule has 3 rings (SSSR count). The molecule has 6 heteroatoms. The summed E-state index contributed by atoms with van der Waals surface area (Å²) in [5.74, 6) is 1.31. The normalized spacial score (nSPS) is 24.0. The Balaban J connectivity index is 1.89. The average Bonchev–Trinajstić information content (AvgIpc) is 2.82.